The molecule has 3 rings (SSSR count). The number of nitrogens with one attached hydrogen (secondary N) is 1. The minimum absolute atomic E-state index is 0.169. The van der Waals surface area contributed by atoms with Crippen LogP contribution in [0.2, 0.25) is 5.02 Å². The van der Waals surface area contributed by atoms with Crippen molar-refractivity contribution in [1.82, 2.24) is 19.6 Å². The van der Waals surface area contributed by atoms with Gasteiger partial charge in [0.15, 0.2) is 0 Å². The maximum atomic E-state index is 12.9. The van der Waals surface area contributed by atoms with Crippen LogP contribution in [-0.4, -0.2) is 28.0 Å². The first-order valence-electron chi connectivity index (χ1n) is 8.57. The second-order valence-electron chi connectivity index (χ2n) is 6.33. The molecule has 0 spiro atoms. The lowest BCUT2D eigenvalue weighted by molar-refractivity contribution is 0.600. The second-order valence-corrected chi connectivity index (χ2v) is 8.39. The zero-order valence-corrected chi connectivity index (χ0v) is 17.3. The molecule has 0 unspecified atom stereocenters. The number of hydrogen-bond acceptors (Lipinski definition) is 4. The Kier molecular flexibility index (Phi) is 5.30. The molecule has 0 saturated heterocycles. The van der Waals surface area contributed by atoms with E-state index >= 15 is 0 Å². The molecule has 0 aliphatic heterocycles. The van der Waals surface area contributed by atoms with E-state index in [9.17, 15) is 8.42 Å². The van der Waals surface area contributed by atoms with Crippen molar-refractivity contribution in [3.63, 3.8) is 0 Å². The van der Waals surface area contributed by atoms with Gasteiger partial charge in [0.2, 0.25) is 0 Å². The van der Waals surface area contributed by atoms with Gasteiger partial charge in [-0.1, -0.05) is 29.8 Å². The summed E-state index contributed by atoms with van der Waals surface area (Å²) in [6.45, 7) is 8.25. The van der Waals surface area contributed by atoms with Gasteiger partial charge in [0.25, 0.3) is 10.0 Å². The molecule has 9 heteroatoms. The fourth-order valence-corrected chi connectivity index (χ4v) is 4.46. The third kappa shape index (κ3) is 3.86. The summed E-state index contributed by atoms with van der Waals surface area (Å²) in [7, 11) is -3.76. The van der Waals surface area contributed by atoms with Crippen molar-refractivity contribution in [2.75, 3.05) is 4.72 Å². The van der Waals surface area contributed by atoms with Gasteiger partial charge >= 0.3 is 0 Å². The van der Waals surface area contributed by atoms with Gasteiger partial charge in [-0.3, -0.25) is 14.1 Å². The number of aromatic nitrogens is 4. The first-order chi connectivity index (χ1) is 12.7. The van der Waals surface area contributed by atoms with Crippen molar-refractivity contribution in [3.05, 3.63) is 58.1 Å². The van der Waals surface area contributed by atoms with E-state index < -0.39 is 10.0 Å². The largest absolute Gasteiger partial charge is 0.276 e. The molecule has 0 radical (unpaired) electrons. The van der Waals surface area contributed by atoms with Crippen LogP contribution in [0.3, 0.4) is 0 Å². The summed E-state index contributed by atoms with van der Waals surface area (Å²) in [5.41, 5.74) is 3.17. The van der Waals surface area contributed by atoms with Gasteiger partial charge in [-0.15, -0.1) is 0 Å². The van der Waals surface area contributed by atoms with E-state index in [2.05, 4.69) is 14.9 Å². The van der Waals surface area contributed by atoms with Crippen LogP contribution in [0.1, 0.15) is 29.6 Å². The van der Waals surface area contributed by atoms with Gasteiger partial charge in [0.1, 0.15) is 4.90 Å². The number of anilines is 1. The van der Waals surface area contributed by atoms with Crippen molar-refractivity contribution in [3.8, 4) is 0 Å². The molecule has 0 saturated carbocycles. The summed E-state index contributed by atoms with van der Waals surface area (Å²) in [6.07, 6.45) is 1.54. The topological polar surface area (TPSA) is 81.8 Å². The predicted octanol–water partition coefficient (Wildman–Crippen LogP) is 3.53. The van der Waals surface area contributed by atoms with Crippen LogP contribution < -0.4 is 4.72 Å². The highest BCUT2D eigenvalue weighted by atomic mass is 35.5. The molecular formula is C18H22ClN5O2S. The maximum Gasteiger partial charge on any atom is 0.265 e. The van der Waals surface area contributed by atoms with Crippen LogP contribution in [-0.2, 0) is 23.1 Å². The van der Waals surface area contributed by atoms with E-state index in [0.717, 1.165) is 11.3 Å². The van der Waals surface area contributed by atoms with Crippen LogP contribution in [0.15, 0.2) is 35.4 Å². The molecule has 144 valence electrons. The van der Waals surface area contributed by atoms with E-state index in [1.165, 1.54) is 6.20 Å². The molecule has 7 nitrogen and oxygen atoms in total. The van der Waals surface area contributed by atoms with E-state index in [-0.39, 0.29) is 4.90 Å². The molecule has 0 fully saturated rings. The molecule has 2 aromatic heterocycles. The Balaban J connectivity index is 1.92. The Morgan fingerprint density at radius 2 is 1.81 bits per heavy atom. The lowest BCUT2D eigenvalue weighted by Gasteiger charge is -2.09. The molecule has 0 aliphatic rings. The van der Waals surface area contributed by atoms with E-state index in [1.54, 1.807) is 23.2 Å². The Bertz CT molecular complexity index is 1090. The van der Waals surface area contributed by atoms with E-state index in [1.807, 2.05) is 38.1 Å². The maximum absolute atomic E-state index is 12.9. The summed E-state index contributed by atoms with van der Waals surface area (Å²) >= 11 is 6.23. The molecule has 3 aromatic rings. The van der Waals surface area contributed by atoms with Crippen molar-refractivity contribution in [2.45, 2.75) is 45.7 Å². The Morgan fingerprint density at radius 3 is 2.44 bits per heavy atom. The number of sulfonamides is 1. The Labute approximate surface area is 164 Å². The van der Waals surface area contributed by atoms with Gasteiger partial charge in [-0.05, 0) is 39.3 Å². The number of benzene rings is 1. The number of nitrogens with zero attached hydrogens (tertiary/aromatic N) is 4. The smallest absolute Gasteiger partial charge is 0.265 e. The first kappa shape index (κ1) is 19.4. The van der Waals surface area contributed by atoms with Crippen molar-refractivity contribution in [2.24, 2.45) is 0 Å². The van der Waals surface area contributed by atoms with E-state index in [4.69, 9.17) is 11.6 Å². The molecular weight excluding hydrogens is 386 g/mol. The summed E-state index contributed by atoms with van der Waals surface area (Å²) in [4.78, 5) is 0.169. The molecule has 0 atom stereocenters. The zero-order valence-electron chi connectivity index (χ0n) is 15.7. The standard InChI is InChI=1S/C18H22ClN5O2S/c1-5-23-11-17(12(2)20-23)27(25,26)22-18-13(3)21-24(14(18)4)10-15-8-6-7-9-16(15)19/h6-9,11,22H,5,10H2,1-4H3. The van der Waals surface area contributed by atoms with Crippen LogP contribution in [0, 0.1) is 20.8 Å². The summed E-state index contributed by atoms with van der Waals surface area (Å²) in [5, 5.41) is 9.34. The quantitative estimate of drug-likeness (QED) is 0.677. The van der Waals surface area contributed by atoms with Gasteiger partial charge < -0.3 is 0 Å². The third-order valence-electron chi connectivity index (χ3n) is 4.41. The lowest BCUT2D eigenvalue weighted by Crippen LogP contribution is -2.15. The highest BCUT2D eigenvalue weighted by molar-refractivity contribution is 7.92. The average molecular weight is 408 g/mol. The van der Waals surface area contributed by atoms with Crippen molar-refractivity contribution >= 4 is 27.3 Å². The number of aryl methyl sites for hydroxylation is 3. The van der Waals surface area contributed by atoms with Gasteiger partial charge in [-0.25, -0.2) is 8.42 Å². The van der Waals surface area contributed by atoms with Gasteiger partial charge in [-0.2, -0.15) is 10.2 Å². The monoisotopic (exact) mass is 407 g/mol. The molecule has 1 aromatic carbocycles. The fourth-order valence-electron chi connectivity index (χ4n) is 2.90. The van der Waals surface area contributed by atoms with Crippen molar-refractivity contribution in [1.29, 1.82) is 0 Å². The van der Waals surface area contributed by atoms with E-state index in [0.29, 0.717) is 35.2 Å². The Morgan fingerprint density at radius 1 is 1.11 bits per heavy atom. The SMILES string of the molecule is CCn1cc(S(=O)(=O)Nc2c(C)nn(Cc3ccccc3Cl)c2C)c(C)n1. The normalized spacial score (nSPS) is 11.7. The molecule has 1 N–H and O–H groups in total. The number of hydrogen-bond donors (Lipinski definition) is 1. The minimum atomic E-state index is -3.76. The molecule has 0 aliphatic carbocycles. The highest BCUT2D eigenvalue weighted by Gasteiger charge is 2.24. The van der Waals surface area contributed by atoms with Gasteiger partial charge in [0.05, 0.1) is 29.3 Å². The molecule has 2 heterocycles. The number of halogens is 1. The van der Waals surface area contributed by atoms with Crippen LogP contribution in [0.5, 0.6) is 0 Å². The second kappa shape index (κ2) is 7.36. The predicted molar refractivity (Wildman–Crippen MR) is 106 cm³/mol. The summed E-state index contributed by atoms with van der Waals surface area (Å²) in [5.74, 6) is 0. The van der Waals surface area contributed by atoms with Crippen LogP contribution >= 0.6 is 11.6 Å². The van der Waals surface area contributed by atoms with Crippen LogP contribution in [0.4, 0.5) is 5.69 Å². The fraction of sp³-hybridized carbons (Fsp3) is 0.333. The average Bonchev–Trinajstić information content (AvgIpc) is 3.12. The zero-order chi connectivity index (χ0) is 19.8. The molecule has 0 amide bonds. The lowest BCUT2D eigenvalue weighted by atomic mass is 10.2. The summed E-state index contributed by atoms with van der Waals surface area (Å²) < 4.78 is 31.7. The molecule has 0 bridgehead atoms. The highest BCUT2D eigenvalue weighted by Crippen LogP contribution is 2.26. The summed E-state index contributed by atoms with van der Waals surface area (Å²) in [6, 6.07) is 7.52. The van der Waals surface area contributed by atoms with Crippen LogP contribution in [0.25, 0.3) is 0 Å². The minimum Gasteiger partial charge on any atom is -0.276 e. The Hall–Kier alpha value is -2.32. The first-order valence-corrected chi connectivity index (χ1v) is 10.4. The third-order valence-corrected chi connectivity index (χ3v) is 6.23. The number of rotatable bonds is 6. The molecule has 27 heavy (non-hydrogen) atoms. The van der Waals surface area contributed by atoms with Crippen molar-refractivity contribution < 1.29 is 8.42 Å². The van der Waals surface area contributed by atoms with Gasteiger partial charge in [0, 0.05) is 17.8 Å².